The Hall–Kier alpha value is -4.04. The van der Waals surface area contributed by atoms with Gasteiger partial charge in [0.2, 0.25) is 0 Å². The maximum absolute atomic E-state index is 13.4. The van der Waals surface area contributed by atoms with Gasteiger partial charge in [-0.15, -0.1) is 0 Å². The number of benzene rings is 1. The Morgan fingerprint density at radius 3 is 2.50 bits per heavy atom. The molecule has 0 saturated heterocycles. The molecule has 7 rings (SSSR count). The summed E-state index contributed by atoms with van der Waals surface area (Å²) >= 11 is 0. The number of aliphatic hydroxyl groups is 3. The molecule has 206 valence electrons. The molecule has 13 heteroatoms. The van der Waals surface area contributed by atoms with E-state index in [1.807, 2.05) is 6.07 Å². The summed E-state index contributed by atoms with van der Waals surface area (Å²) in [7, 11) is 0. The van der Waals surface area contributed by atoms with E-state index in [0.29, 0.717) is 33.4 Å². The van der Waals surface area contributed by atoms with E-state index < -0.39 is 30.6 Å². The van der Waals surface area contributed by atoms with Gasteiger partial charge < -0.3 is 25.8 Å². The van der Waals surface area contributed by atoms with Gasteiger partial charge in [0.1, 0.15) is 11.6 Å². The third-order valence-electron chi connectivity index (χ3n) is 7.97. The van der Waals surface area contributed by atoms with Crippen LogP contribution in [-0.4, -0.2) is 58.4 Å². The Morgan fingerprint density at radius 2 is 1.82 bits per heavy atom. The van der Waals surface area contributed by atoms with Gasteiger partial charge in [0, 0.05) is 46.8 Å². The number of aromatic nitrogens is 4. The van der Waals surface area contributed by atoms with Gasteiger partial charge >= 0.3 is 12.7 Å². The third kappa shape index (κ3) is 3.84. The number of pyridine rings is 1. The molecule has 3 unspecified atom stereocenters. The molecule has 11 nitrogen and oxygen atoms in total. The number of halogens is 2. The number of nitrogens with two attached hydrogens (primary N) is 1. The molecule has 1 amide bonds. The number of carbonyl (C=O) groups excluding carboxylic acids is 1. The Bertz CT molecular complexity index is 1650. The van der Waals surface area contributed by atoms with Crippen molar-refractivity contribution in [3.63, 3.8) is 0 Å². The molecule has 4 aromatic rings. The standard InChI is InChI=1S/C27H24F2N6O5/c28-26(29)40-19-3-1-2-15-20(19)16-9-18(35(25(15)36)27(37,38)39)23-21(16)17-8-13(6-7-34(17)33-23)14-10-31-24(32-11-14)22(30)12-4-5-12/h1-3,6-8,10-12,16,18,22,26,37-39H,4-5,9,30H2. The number of rotatable bonds is 6. The van der Waals surface area contributed by atoms with Crippen molar-refractivity contribution in [1.82, 2.24) is 24.5 Å². The fraction of sp³-hybridized carbons (Fsp3) is 0.333. The maximum atomic E-state index is 13.4. The van der Waals surface area contributed by atoms with Crippen molar-refractivity contribution in [2.24, 2.45) is 11.7 Å². The zero-order valence-electron chi connectivity index (χ0n) is 20.9. The summed E-state index contributed by atoms with van der Waals surface area (Å²) < 4.78 is 33.1. The van der Waals surface area contributed by atoms with E-state index in [9.17, 15) is 28.9 Å². The van der Waals surface area contributed by atoms with E-state index >= 15 is 0 Å². The summed E-state index contributed by atoms with van der Waals surface area (Å²) in [5.74, 6) is -0.867. The molecule has 1 aliphatic heterocycles. The highest BCUT2D eigenvalue weighted by molar-refractivity contribution is 5.98. The predicted octanol–water partition coefficient (Wildman–Crippen LogP) is 2.42. The first kappa shape index (κ1) is 25.0. The minimum absolute atomic E-state index is 0.0566. The van der Waals surface area contributed by atoms with Crippen LogP contribution in [0.4, 0.5) is 8.78 Å². The van der Waals surface area contributed by atoms with Crippen LogP contribution < -0.4 is 10.5 Å². The summed E-state index contributed by atoms with van der Waals surface area (Å²) in [6.45, 7) is -3.16. The summed E-state index contributed by atoms with van der Waals surface area (Å²) in [4.78, 5) is 22.9. The van der Waals surface area contributed by atoms with Crippen LogP contribution in [-0.2, 0) is 0 Å². The zero-order valence-corrected chi connectivity index (χ0v) is 20.9. The van der Waals surface area contributed by atoms with Crippen LogP contribution >= 0.6 is 0 Å². The van der Waals surface area contributed by atoms with Gasteiger partial charge in [-0.25, -0.2) is 14.5 Å². The molecule has 1 saturated carbocycles. The zero-order chi connectivity index (χ0) is 27.9. The van der Waals surface area contributed by atoms with E-state index in [-0.39, 0.29) is 29.3 Å². The van der Waals surface area contributed by atoms with Crippen LogP contribution in [0, 0.1) is 5.92 Å². The molecule has 5 N–H and O–H groups in total. The maximum Gasteiger partial charge on any atom is 0.387 e. The normalized spacial score (nSPS) is 21.0. The lowest BCUT2D eigenvalue weighted by molar-refractivity contribution is -0.385. The highest BCUT2D eigenvalue weighted by Crippen LogP contribution is 2.54. The molecule has 40 heavy (non-hydrogen) atoms. The molecule has 0 radical (unpaired) electrons. The predicted molar refractivity (Wildman–Crippen MR) is 134 cm³/mol. The lowest BCUT2D eigenvalue weighted by Gasteiger charge is -2.34. The second kappa shape index (κ2) is 8.73. The van der Waals surface area contributed by atoms with Gasteiger partial charge in [0.05, 0.1) is 23.3 Å². The van der Waals surface area contributed by atoms with Crippen molar-refractivity contribution in [2.75, 3.05) is 0 Å². The molecule has 1 fully saturated rings. The lowest BCUT2D eigenvalue weighted by atomic mass is 9.88. The lowest BCUT2D eigenvalue weighted by Crippen LogP contribution is -2.53. The van der Waals surface area contributed by atoms with Crippen LogP contribution in [0.25, 0.3) is 16.6 Å². The molecule has 2 bridgehead atoms. The molecule has 2 aliphatic carbocycles. The Kier molecular flexibility index (Phi) is 5.45. The second-order valence-corrected chi connectivity index (χ2v) is 10.4. The summed E-state index contributed by atoms with van der Waals surface area (Å²) in [5, 5.41) is 35.2. The minimum atomic E-state index is -3.53. The summed E-state index contributed by atoms with van der Waals surface area (Å²) in [6.07, 6.45) is 3.74. The van der Waals surface area contributed by atoms with E-state index in [1.54, 1.807) is 29.2 Å². The highest BCUT2D eigenvalue weighted by atomic mass is 19.3. The number of nitrogens with zero attached hydrogens (tertiary/aromatic N) is 5. The topological polar surface area (TPSA) is 159 Å². The number of ether oxygens (including phenoxy) is 1. The number of carbonyl (C=O) groups is 1. The number of fused-ring (bicyclic) bond motifs is 9. The van der Waals surface area contributed by atoms with Gasteiger partial charge in [-0.2, -0.15) is 13.9 Å². The number of hydrogen-bond donors (Lipinski definition) is 4. The SMILES string of the molecule is NC(c1ncc(-c2ccn3nc4c(c3c2)C2CC4N(C(O)(O)O)C(=O)c3cccc(OC(F)F)c32)cn1)C1CC1. The van der Waals surface area contributed by atoms with Crippen molar-refractivity contribution in [3.8, 4) is 16.9 Å². The summed E-state index contributed by atoms with van der Waals surface area (Å²) in [5.41, 5.74) is 9.27. The Balaban J connectivity index is 1.39. The van der Waals surface area contributed by atoms with Crippen molar-refractivity contribution in [3.05, 3.63) is 77.1 Å². The number of alkyl halides is 2. The van der Waals surface area contributed by atoms with Gasteiger partial charge in [0.15, 0.2) is 0 Å². The highest BCUT2D eigenvalue weighted by Gasteiger charge is 2.52. The van der Waals surface area contributed by atoms with Crippen molar-refractivity contribution >= 4 is 11.4 Å². The van der Waals surface area contributed by atoms with Crippen molar-refractivity contribution < 1.29 is 33.6 Å². The molecular weight excluding hydrogens is 526 g/mol. The third-order valence-corrected chi connectivity index (χ3v) is 7.97. The molecule has 3 aliphatic rings. The first-order valence-electron chi connectivity index (χ1n) is 12.8. The average Bonchev–Trinajstić information content (AvgIpc) is 3.63. The van der Waals surface area contributed by atoms with Gasteiger partial charge in [0.25, 0.3) is 5.91 Å². The fourth-order valence-corrected chi connectivity index (χ4v) is 6.04. The first-order valence-corrected chi connectivity index (χ1v) is 12.8. The number of amides is 1. The van der Waals surface area contributed by atoms with Crippen LogP contribution in [0.1, 0.15) is 70.3 Å². The number of hydrogen-bond acceptors (Lipinski definition) is 9. The minimum Gasteiger partial charge on any atom is -0.434 e. The van der Waals surface area contributed by atoms with Crippen LogP contribution in [0.2, 0.25) is 0 Å². The van der Waals surface area contributed by atoms with Gasteiger partial charge in [-0.05, 0) is 55.0 Å². The van der Waals surface area contributed by atoms with Gasteiger partial charge in [-0.3, -0.25) is 9.69 Å². The fourth-order valence-electron chi connectivity index (χ4n) is 6.04. The molecule has 3 atom stereocenters. The van der Waals surface area contributed by atoms with Crippen molar-refractivity contribution in [1.29, 1.82) is 0 Å². The van der Waals surface area contributed by atoms with Gasteiger partial charge in [-0.1, -0.05) is 6.07 Å². The largest absolute Gasteiger partial charge is 0.434 e. The smallest absolute Gasteiger partial charge is 0.387 e. The molecular formula is C27H24F2N6O5. The molecule has 3 aromatic heterocycles. The van der Waals surface area contributed by atoms with E-state index in [0.717, 1.165) is 24.0 Å². The Morgan fingerprint density at radius 1 is 1.07 bits per heavy atom. The molecule has 1 aromatic carbocycles. The van der Waals surface area contributed by atoms with Crippen LogP contribution in [0.3, 0.4) is 0 Å². The monoisotopic (exact) mass is 550 g/mol. The van der Waals surface area contributed by atoms with Crippen LogP contribution in [0.15, 0.2) is 48.9 Å². The van der Waals surface area contributed by atoms with E-state index in [2.05, 4.69) is 15.1 Å². The molecule has 0 spiro atoms. The molecule has 4 heterocycles. The average molecular weight is 551 g/mol. The first-order chi connectivity index (χ1) is 19.1. The van der Waals surface area contributed by atoms with E-state index in [4.69, 9.17) is 10.5 Å². The van der Waals surface area contributed by atoms with E-state index in [1.165, 1.54) is 18.2 Å². The second-order valence-electron chi connectivity index (χ2n) is 10.4. The van der Waals surface area contributed by atoms with Crippen LogP contribution in [0.5, 0.6) is 5.75 Å². The van der Waals surface area contributed by atoms with Crippen molar-refractivity contribution in [2.45, 2.75) is 50.0 Å². The summed E-state index contributed by atoms with van der Waals surface area (Å²) in [6, 6.07) is 6.43. The Labute approximate surface area is 225 Å². The quantitative estimate of drug-likeness (QED) is 0.265.